The molecule has 4 aliphatic rings. The maximum atomic E-state index is 12.8. The van der Waals surface area contributed by atoms with Gasteiger partial charge in [-0.25, -0.2) is 9.78 Å². The van der Waals surface area contributed by atoms with Crippen LogP contribution in [0.5, 0.6) is 0 Å². The lowest BCUT2D eigenvalue weighted by atomic mass is 9.79. The number of nitrogens with zero attached hydrogens (tertiary/aromatic N) is 4. The van der Waals surface area contributed by atoms with E-state index in [0.717, 1.165) is 29.5 Å². The number of aromatic nitrogens is 2. The summed E-state index contributed by atoms with van der Waals surface area (Å²) in [4.78, 5) is 38.4. The number of rotatable bonds is 4. The Hall–Kier alpha value is -2.68. The summed E-state index contributed by atoms with van der Waals surface area (Å²) in [5.74, 6) is 0.534. The molecule has 5 heterocycles. The minimum absolute atomic E-state index is 0.234. The summed E-state index contributed by atoms with van der Waals surface area (Å²) >= 11 is 1.38. The average molecular weight is 470 g/mol. The first-order chi connectivity index (χ1) is 15.8. The van der Waals surface area contributed by atoms with Gasteiger partial charge in [-0.05, 0) is 70.9 Å². The predicted octanol–water partition coefficient (Wildman–Crippen LogP) is 4.53. The molecule has 0 spiro atoms. The highest BCUT2D eigenvalue weighted by molar-refractivity contribution is 7.14. The summed E-state index contributed by atoms with van der Waals surface area (Å²) in [6.07, 6.45) is 7.09. The van der Waals surface area contributed by atoms with E-state index in [4.69, 9.17) is 4.74 Å². The number of pyridine rings is 1. The molecular weight excluding hydrogens is 438 g/mol. The molecule has 1 atom stereocenters. The normalized spacial score (nSPS) is 24.4. The highest BCUT2D eigenvalue weighted by Gasteiger charge is 2.40. The fourth-order valence-electron chi connectivity index (χ4n) is 5.01. The van der Waals surface area contributed by atoms with Gasteiger partial charge in [0.05, 0.1) is 5.69 Å². The van der Waals surface area contributed by atoms with E-state index in [1.165, 1.54) is 41.9 Å². The Labute approximate surface area is 198 Å². The van der Waals surface area contributed by atoms with Gasteiger partial charge in [0.1, 0.15) is 23.0 Å². The zero-order chi connectivity index (χ0) is 23.2. The van der Waals surface area contributed by atoms with Crippen molar-refractivity contribution in [1.82, 2.24) is 14.9 Å². The Morgan fingerprint density at radius 3 is 2.61 bits per heavy atom. The highest BCUT2D eigenvalue weighted by Crippen LogP contribution is 2.41. The first-order valence-electron chi connectivity index (χ1n) is 11.8. The summed E-state index contributed by atoms with van der Waals surface area (Å²) in [5.41, 5.74) is 2.17. The van der Waals surface area contributed by atoms with E-state index in [-0.39, 0.29) is 5.91 Å². The summed E-state index contributed by atoms with van der Waals surface area (Å²) in [7, 11) is 0. The van der Waals surface area contributed by atoms with Crippen molar-refractivity contribution < 1.29 is 14.3 Å². The molecule has 0 radical (unpaired) electrons. The van der Waals surface area contributed by atoms with Crippen molar-refractivity contribution >= 4 is 34.2 Å². The van der Waals surface area contributed by atoms with E-state index in [9.17, 15) is 9.59 Å². The van der Waals surface area contributed by atoms with E-state index in [2.05, 4.69) is 26.3 Å². The quantitative estimate of drug-likeness (QED) is 0.708. The number of likely N-dealkylation sites (tertiary alicyclic amines) is 1. The Morgan fingerprint density at radius 1 is 1.18 bits per heavy atom. The first-order valence-corrected chi connectivity index (χ1v) is 12.6. The van der Waals surface area contributed by atoms with Crippen molar-refractivity contribution in [2.45, 2.75) is 70.6 Å². The number of carbonyl (C=O) groups excluding carboxylic acids is 2. The second-order valence-corrected chi connectivity index (χ2v) is 11.1. The Bertz CT molecular complexity index is 1040. The SMILES string of the molecule is CC(C)(C)OC(=O)N1CC[C@H]1C(=O)Nc1nc(-c2ncccc2N2CC3CCC2CC3)cs1. The zero-order valence-corrected chi connectivity index (χ0v) is 20.2. The first kappa shape index (κ1) is 22.1. The molecule has 33 heavy (non-hydrogen) atoms. The van der Waals surface area contributed by atoms with Crippen LogP contribution < -0.4 is 10.2 Å². The third kappa shape index (κ3) is 4.55. The van der Waals surface area contributed by atoms with E-state index in [1.54, 1.807) is 6.20 Å². The topological polar surface area (TPSA) is 87.7 Å². The maximum Gasteiger partial charge on any atom is 0.410 e. The van der Waals surface area contributed by atoms with Crippen molar-refractivity contribution in [2.24, 2.45) is 5.92 Å². The van der Waals surface area contributed by atoms with Gasteiger partial charge >= 0.3 is 6.09 Å². The Morgan fingerprint density at radius 2 is 1.97 bits per heavy atom. The van der Waals surface area contributed by atoms with Crippen LogP contribution >= 0.6 is 11.3 Å². The van der Waals surface area contributed by atoms with E-state index in [1.807, 2.05) is 32.2 Å². The van der Waals surface area contributed by atoms with Crippen LogP contribution in [0.2, 0.25) is 0 Å². The van der Waals surface area contributed by atoms with Gasteiger partial charge in [0.25, 0.3) is 0 Å². The smallest absolute Gasteiger partial charge is 0.410 e. The summed E-state index contributed by atoms with van der Waals surface area (Å²) < 4.78 is 5.41. The molecule has 9 heteroatoms. The van der Waals surface area contributed by atoms with Crippen LogP contribution in [0.15, 0.2) is 23.7 Å². The molecule has 2 aromatic rings. The molecule has 2 bridgehead atoms. The van der Waals surface area contributed by atoms with Gasteiger partial charge in [-0.2, -0.15) is 0 Å². The lowest BCUT2D eigenvalue weighted by Crippen LogP contribution is -2.57. The number of amides is 2. The average Bonchev–Trinajstić information content (AvgIpc) is 3.20. The molecule has 2 aromatic heterocycles. The number of fused-ring (bicyclic) bond motifs is 3. The zero-order valence-electron chi connectivity index (χ0n) is 19.4. The number of hydrogen-bond acceptors (Lipinski definition) is 7. The van der Waals surface area contributed by atoms with E-state index in [0.29, 0.717) is 24.1 Å². The lowest BCUT2D eigenvalue weighted by Gasteiger charge is -2.47. The minimum Gasteiger partial charge on any atom is -0.444 e. The van der Waals surface area contributed by atoms with Gasteiger partial charge in [-0.1, -0.05) is 0 Å². The number of ether oxygens (including phenoxy) is 1. The molecule has 6 rings (SSSR count). The molecule has 3 aliphatic heterocycles. The van der Waals surface area contributed by atoms with Crippen molar-refractivity contribution in [3.05, 3.63) is 23.7 Å². The van der Waals surface area contributed by atoms with Gasteiger partial charge in [0, 0.05) is 30.7 Å². The molecule has 1 N–H and O–H groups in total. The lowest BCUT2D eigenvalue weighted by molar-refractivity contribution is -0.125. The number of piperidine rings is 2. The van der Waals surface area contributed by atoms with Crippen LogP contribution in [-0.2, 0) is 9.53 Å². The summed E-state index contributed by atoms with van der Waals surface area (Å²) in [6.45, 7) is 7.05. The van der Waals surface area contributed by atoms with Crippen LogP contribution in [-0.4, -0.2) is 57.6 Å². The monoisotopic (exact) mass is 469 g/mol. The van der Waals surface area contributed by atoms with Crippen molar-refractivity contribution in [2.75, 3.05) is 23.3 Å². The molecule has 176 valence electrons. The molecule has 1 saturated carbocycles. The minimum atomic E-state index is -0.591. The predicted molar refractivity (Wildman–Crippen MR) is 128 cm³/mol. The molecule has 1 aliphatic carbocycles. The highest BCUT2D eigenvalue weighted by atomic mass is 32.1. The van der Waals surface area contributed by atoms with E-state index >= 15 is 0 Å². The maximum absolute atomic E-state index is 12.8. The third-order valence-electron chi connectivity index (χ3n) is 6.74. The number of hydrogen-bond donors (Lipinski definition) is 1. The number of nitrogens with one attached hydrogen (secondary N) is 1. The molecule has 3 saturated heterocycles. The van der Waals surface area contributed by atoms with Crippen LogP contribution in [0.4, 0.5) is 15.6 Å². The number of carbonyl (C=O) groups is 2. The number of anilines is 2. The van der Waals surface area contributed by atoms with Gasteiger partial charge in [0.15, 0.2) is 5.13 Å². The third-order valence-corrected chi connectivity index (χ3v) is 7.49. The van der Waals surface area contributed by atoms with Crippen LogP contribution in [0, 0.1) is 5.92 Å². The van der Waals surface area contributed by atoms with Gasteiger partial charge < -0.3 is 15.0 Å². The second-order valence-electron chi connectivity index (χ2n) is 10.2. The molecule has 0 unspecified atom stereocenters. The van der Waals surface area contributed by atoms with Gasteiger partial charge in [0.2, 0.25) is 5.91 Å². The van der Waals surface area contributed by atoms with Crippen molar-refractivity contribution in [3.63, 3.8) is 0 Å². The fraction of sp³-hybridized carbons (Fsp3) is 0.583. The van der Waals surface area contributed by atoms with E-state index < -0.39 is 17.7 Å². The largest absolute Gasteiger partial charge is 0.444 e. The molecule has 4 fully saturated rings. The second kappa shape index (κ2) is 8.59. The molecular formula is C24H31N5O3S. The summed E-state index contributed by atoms with van der Waals surface area (Å²) in [6, 6.07) is 4.17. The Kier molecular flexibility index (Phi) is 5.76. The Balaban J connectivity index is 1.28. The molecule has 0 aromatic carbocycles. The van der Waals surface area contributed by atoms with Crippen LogP contribution in [0.1, 0.15) is 52.9 Å². The van der Waals surface area contributed by atoms with Crippen LogP contribution in [0.3, 0.4) is 0 Å². The standard InChI is InChI=1S/C24H31N5O3S/c1-24(2,3)32-23(31)28-12-10-19(28)21(30)27-22-26-17(14-33-22)20-18(5-4-11-25-20)29-13-15-6-8-16(29)9-7-15/h4-5,11,14-16,19H,6-10,12-13H2,1-3H3,(H,26,27,30)/t15?,16?,19-/m0/s1. The summed E-state index contributed by atoms with van der Waals surface area (Å²) in [5, 5.41) is 5.34. The van der Waals surface area contributed by atoms with Gasteiger partial charge in [-0.15, -0.1) is 11.3 Å². The van der Waals surface area contributed by atoms with Crippen molar-refractivity contribution in [3.8, 4) is 11.4 Å². The van der Waals surface area contributed by atoms with Crippen molar-refractivity contribution in [1.29, 1.82) is 0 Å². The molecule has 2 amide bonds. The molecule has 8 nitrogen and oxygen atoms in total. The van der Waals surface area contributed by atoms with Crippen LogP contribution in [0.25, 0.3) is 11.4 Å². The van der Waals surface area contributed by atoms with Gasteiger partial charge in [-0.3, -0.25) is 14.7 Å². The number of thiazole rings is 1. The fourth-order valence-corrected chi connectivity index (χ4v) is 5.71.